The van der Waals surface area contributed by atoms with E-state index in [1.807, 2.05) is 6.08 Å². The molecule has 0 aromatic heterocycles. The molecule has 2 saturated heterocycles. The quantitative estimate of drug-likeness (QED) is 0.605. The number of nitrogens with zero attached hydrogens (tertiary/aromatic N) is 1. The lowest BCUT2D eigenvalue weighted by Crippen LogP contribution is -2.40. The number of carbonyl (C=O) groups is 1. The maximum Gasteiger partial charge on any atom is 0.124 e. The molecule has 0 radical (unpaired) electrons. The second-order valence-electron chi connectivity index (χ2n) is 6.53. The highest BCUT2D eigenvalue weighted by Gasteiger charge is 2.43. The van der Waals surface area contributed by atoms with Crippen LogP contribution in [0.5, 0.6) is 0 Å². The minimum absolute atomic E-state index is 0.180. The highest BCUT2D eigenvalue weighted by molar-refractivity contribution is 5.56. The van der Waals surface area contributed by atoms with Crippen molar-refractivity contribution in [2.24, 2.45) is 11.8 Å². The molecule has 3 rings (SSSR count). The van der Waals surface area contributed by atoms with Crippen LogP contribution in [0.1, 0.15) is 37.7 Å². The van der Waals surface area contributed by atoms with E-state index in [9.17, 15) is 4.79 Å². The minimum atomic E-state index is 0.180. The zero-order valence-corrected chi connectivity index (χ0v) is 12.7. The molecule has 0 unspecified atom stereocenters. The third-order valence-electron chi connectivity index (χ3n) is 5.38. The van der Waals surface area contributed by atoms with Gasteiger partial charge in [-0.05, 0) is 43.6 Å². The van der Waals surface area contributed by atoms with Crippen molar-refractivity contribution in [3.05, 3.63) is 48.6 Å². The molecular weight excluding hydrogens is 258 g/mol. The van der Waals surface area contributed by atoms with Gasteiger partial charge in [0.25, 0.3) is 0 Å². The van der Waals surface area contributed by atoms with Crippen molar-refractivity contribution in [1.82, 2.24) is 4.90 Å². The van der Waals surface area contributed by atoms with Crippen LogP contribution in [-0.2, 0) is 11.3 Å². The first-order valence-electron chi connectivity index (χ1n) is 8.19. The molecule has 21 heavy (non-hydrogen) atoms. The fourth-order valence-corrected chi connectivity index (χ4v) is 4.33. The number of allylic oxidation sites excluding steroid dienone is 1. The number of aldehydes is 1. The van der Waals surface area contributed by atoms with Crippen LogP contribution in [0, 0.1) is 11.8 Å². The third kappa shape index (κ3) is 2.96. The first-order valence-corrected chi connectivity index (χ1v) is 8.19. The zero-order chi connectivity index (χ0) is 14.7. The van der Waals surface area contributed by atoms with E-state index in [2.05, 4.69) is 41.8 Å². The molecule has 2 nitrogen and oxygen atoms in total. The molecule has 2 fully saturated rings. The Morgan fingerprint density at radius 2 is 1.90 bits per heavy atom. The lowest BCUT2D eigenvalue weighted by atomic mass is 9.80. The van der Waals surface area contributed by atoms with Crippen molar-refractivity contribution in [2.45, 2.75) is 50.7 Å². The Balaban J connectivity index is 1.81. The lowest BCUT2D eigenvalue weighted by molar-refractivity contribution is -0.114. The van der Waals surface area contributed by atoms with E-state index in [4.69, 9.17) is 0 Å². The average molecular weight is 283 g/mol. The van der Waals surface area contributed by atoms with Crippen LogP contribution < -0.4 is 0 Å². The SMILES string of the molecule is C=CC[C@H]1CC[C@H]2CC[C@@H]([C@H]1C=O)N2Cc1ccccc1. The summed E-state index contributed by atoms with van der Waals surface area (Å²) < 4.78 is 0. The van der Waals surface area contributed by atoms with Crippen LogP contribution in [0.15, 0.2) is 43.0 Å². The molecule has 112 valence electrons. The number of fused-ring (bicyclic) bond motifs is 2. The Hall–Kier alpha value is -1.41. The fourth-order valence-electron chi connectivity index (χ4n) is 4.33. The summed E-state index contributed by atoms with van der Waals surface area (Å²) in [5.74, 6) is 0.674. The summed E-state index contributed by atoms with van der Waals surface area (Å²) in [5, 5.41) is 0. The van der Waals surface area contributed by atoms with Crippen LogP contribution in [0.3, 0.4) is 0 Å². The van der Waals surface area contributed by atoms with E-state index in [0.29, 0.717) is 18.0 Å². The van der Waals surface area contributed by atoms with Crippen LogP contribution >= 0.6 is 0 Å². The van der Waals surface area contributed by atoms with Crippen LogP contribution in [0.4, 0.5) is 0 Å². The molecule has 2 heterocycles. The maximum absolute atomic E-state index is 11.7. The summed E-state index contributed by atoms with van der Waals surface area (Å²) in [5.41, 5.74) is 1.36. The summed E-state index contributed by atoms with van der Waals surface area (Å²) >= 11 is 0. The smallest absolute Gasteiger partial charge is 0.124 e. The van der Waals surface area contributed by atoms with Gasteiger partial charge in [0.2, 0.25) is 0 Å². The Labute approximate surface area is 127 Å². The molecule has 1 aromatic rings. The van der Waals surface area contributed by atoms with Crippen LogP contribution in [-0.4, -0.2) is 23.3 Å². The van der Waals surface area contributed by atoms with E-state index in [1.54, 1.807) is 0 Å². The second-order valence-corrected chi connectivity index (χ2v) is 6.53. The first kappa shape index (κ1) is 14.5. The van der Waals surface area contributed by atoms with E-state index < -0.39 is 0 Å². The molecule has 2 aliphatic rings. The number of rotatable bonds is 5. The predicted octanol–water partition coefficient (Wildman–Crippen LogP) is 3.82. The molecule has 2 bridgehead atoms. The Morgan fingerprint density at radius 3 is 2.62 bits per heavy atom. The van der Waals surface area contributed by atoms with Gasteiger partial charge in [0.15, 0.2) is 0 Å². The lowest BCUT2D eigenvalue weighted by Gasteiger charge is -2.32. The summed E-state index contributed by atoms with van der Waals surface area (Å²) in [6, 6.07) is 11.8. The molecule has 2 heteroatoms. The normalized spacial score (nSPS) is 32.6. The molecule has 1 aromatic carbocycles. The highest BCUT2D eigenvalue weighted by Crippen LogP contribution is 2.41. The number of hydrogen-bond acceptors (Lipinski definition) is 2. The van der Waals surface area contributed by atoms with Gasteiger partial charge in [-0.2, -0.15) is 0 Å². The Morgan fingerprint density at radius 1 is 1.14 bits per heavy atom. The molecule has 0 amide bonds. The molecule has 0 spiro atoms. The van der Waals surface area contributed by atoms with E-state index in [-0.39, 0.29) is 5.92 Å². The third-order valence-corrected chi connectivity index (χ3v) is 5.38. The zero-order valence-electron chi connectivity index (χ0n) is 12.7. The van der Waals surface area contributed by atoms with Gasteiger partial charge in [0.05, 0.1) is 0 Å². The monoisotopic (exact) mass is 283 g/mol. The number of carbonyl (C=O) groups excluding carboxylic acids is 1. The molecule has 4 atom stereocenters. The van der Waals surface area contributed by atoms with Crippen molar-refractivity contribution < 1.29 is 4.79 Å². The molecule has 0 aliphatic carbocycles. The van der Waals surface area contributed by atoms with E-state index >= 15 is 0 Å². The van der Waals surface area contributed by atoms with Crippen molar-refractivity contribution in [2.75, 3.05) is 0 Å². The highest BCUT2D eigenvalue weighted by atomic mass is 16.1. The van der Waals surface area contributed by atoms with Crippen molar-refractivity contribution in [1.29, 1.82) is 0 Å². The number of hydrogen-bond donors (Lipinski definition) is 0. The van der Waals surface area contributed by atoms with Crippen LogP contribution in [0.2, 0.25) is 0 Å². The second kappa shape index (κ2) is 6.57. The molecule has 0 saturated carbocycles. The average Bonchev–Trinajstić information content (AvgIpc) is 2.82. The first-order chi connectivity index (χ1) is 10.3. The maximum atomic E-state index is 11.7. The minimum Gasteiger partial charge on any atom is -0.303 e. The van der Waals surface area contributed by atoms with Crippen molar-refractivity contribution in [3.8, 4) is 0 Å². The summed E-state index contributed by atoms with van der Waals surface area (Å²) in [6.07, 6.45) is 9.02. The molecule has 2 aliphatic heterocycles. The van der Waals surface area contributed by atoms with Gasteiger partial charge in [-0.1, -0.05) is 36.4 Å². The largest absolute Gasteiger partial charge is 0.303 e. The van der Waals surface area contributed by atoms with Crippen molar-refractivity contribution >= 4 is 6.29 Å². The van der Waals surface area contributed by atoms with Gasteiger partial charge < -0.3 is 4.79 Å². The number of benzene rings is 1. The van der Waals surface area contributed by atoms with Crippen molar-refractivity contribution in [3.63, 3.8) is 0 Å². The van der Waals surface area contributed by atoms with Gasteiger partial charge in [-0.15, -0.1) is 6.58 Å². The summed E-state index contributed by atoms with van der Waals surface area (Å²) in [7, 11) is 0. The fraction of sp³-hybridized carbons (Fsp3) is 0.526. The van der Waals surface area contributed by atoms with Gasteiger partial charge in [-0.25, -0.2) is 0 Å². The van der Waals surface area contributed by atoms with Gasteiger partial charge >= 0.3 is 0 Å². The predicted molar refractivity (Wildman–Crippen MR) is 85.9 cm³/mol. The topological polar surface area (TPSA) is 20.3 Å². The Kier molecular flexibility index (Phi) is 4.54. The van der Waals surface area contributed by atoms with E-state index in [0.717, 1.165) is 13.0 Å². The van der Waals surface area contributed by atoms with Gasteiger partial charge in [-0.3, -0.25) is 4.90 Å². The standard InChI is InChI=1S/C19H25NO/c1-2-6-16-9-10-17-11-12-19(18(16)14-21)20(17)13-15-7-4-3-5-8-15/h2-5,7-8,14,16-19H,1,6,9-13H2/t16-,17-,18-,19-/m0/s1. The van der Waals surface area contributed by atoms with Crippen LogP contribution in [0.25, 0.3) is 0 Å². The summed E-state index contributed by atoms with van der Waals surface area (Å²) in [4.78, 5) is 14.3. The molecule has 0 N–H and O–H groups in total. The van der Waals surface area contributed by atoms with Gasteiger partial charge in [0.1, 0.15) is 6.29 Å². The summed E-state index contributed by atoms with van der Waals surface area (Å²) in [6.45, 7) is 4.86. The van der Waals surface area contributed by atoms with Gasteiger partial charge in [0, 0.05) is 24.5 Å². The molecular formula is C19H25NO. The Bertz CT molecular complexity index is 484. The van der Waals surface area contributed by atoms with E-state index in [1.165, 1.54) is 37.5 Å².